The zero-order chi connectivity index (χ0) is 0. The Balaban J connectivity index is 0. The molecule has 3 nitrogen and oxygen atoms in total. The zero-order valence-corrected chi connectivity index (χ0v) is 7.31. The fraction of sp³-hybridized carbons (Fsp3) is 0. The van der Waals surface area contributed by atoms with Gasteiger partial charge >= 0.3 is 75.4 Å². The molecule has 0 rings (SSSR count). The van der Waals surface area contributed by atoms with E-state index in [-0.39, 0.29) is 109 Å². The van der Waals surface area contributed by atoms with Crippen molar-refractivity contribution >= 4 is 0 Å². The van der Waals surface area contributed by atoms with Crippen molar-refractivity contribution in [3.05, 3.63) is 0 Å². The molecule has 0 spiro atoms. The SMILES string of the molecule is [Br-].[Li+].[Li+].[Li+].[Li+].[OH-].[OH-].[OH-]. The molecule has 0 radical (unpaired) electrons. The van der Waals surface area contributed by atoms with Gasteiger partial charge in [0.25, 0.3) is 0 Å². The summed E-state index contributed by atoms with van der Waals surface area (Å²) in [5.41, 5.74) is 0. The second-order valence-electron chi connectivity index (χ2n) is 0. The predicted molar refractivity (Wildman–Crippen MR) is 5.81 cm³/mol. The van der Waals surface area contributed by atoms with Gasteiger partial charge in [-0.05, 0) is 0 Å². The molecule has 0 fully saturated rings. The third-order valence-electron chi connectivity index (χ3n) is 0. The molecule has 3 N–H and O–H groups in total. The number of halogens is 1. The molecule has 0 aliphatic carbocycles. The van der Waals surface area contributed by atoms with Gasteiger partial charge in [-0.25, -0.2) is 0 Å². The normalized spacial score (nSPS) is 0. The first-order valence-electron chi connectivity index (χ1n) is 0. The van der Waals surface area contributed by atoms with Crippen LogP contribution in [-0.2, 0) is 0 Å². The van der Waals surface area contributed by atoms with Crippen molar-refractivity contribution < 1.29 is 109 Å². The molecule has 0 aromatic carbocycles. The van der Waals surface area contributed by atoms with Gasteiger partial charge in [0.15, 0.2) is 0 Å². The van der Waals surface area contributed by atoms with Crippen molar-refractivity contribution in [3.8, 4) is 0 Å². The van der Waals surface area contributed by atoms with E-state index in [1.54, 1.807) is 0 Å². The molecule has 0 amide bonds. The maximum atomic E-state index is 0. The third-order valence-corrected chi connectivity index (χ3v) is 0. The Morgan fingerprint density at radius 2 is 0.375 bits per heavy atom. The summed E-state index contributed by atoms with van der Waals surface area (Å²) in [5.74, 6) is 0. The summed E-state index contributed by atoms with van der Waals surface area (Å²) in [6, 6.07) is 0. The summed E-state index contributed by atoms with van der Waals surface area (Å²) >= 11 is 0. The van der Waals surface area contributed by atoms with Gasteiger partial charge < -0.3 is 33.4 Å². The predicted octanol–water partition coefficient (Wildman–Crippen LogP) is -15.5. The molecule has 0 aliphatic heterocycles. The molecule has 0 saturated carbocycles. The fourth-order valence-corrected chi connectivity index (χ4v) is 0. The van der Waals surface area contributed by atoms with Crippen molar-refractivity contribution in [1.82, 2.24) is 0 Å². The molecular formula is H3BrLi4O3. The Hall–Kier alpha value is 2.75. The minimum atomic E-state index is 0. The molecule has 0 atom stereocenters. The molecule has 0 aliphatic rings. The van der Waals surface area contributed by atoms with E-state index in [1.165, 1.54) is 0 Å². The average Bonchev–Trinajstić information content (AvgIpc) is 0. The monoisotopic (exact) mass is 158 g/mol. The summed E-state index contributed by atoms with van der Waals surface area (Å²) < 4.78 is 0. The molecule has 0 aromatic heterocycles. The van der Waals surface area contributed by atoms with E-state index >= 15 is 0 Å². The first-order chi connectivity index (χ1) is 0. The van der Waals surface area contributed by atoms with E-state index in [0.29, 0.717) is 0 Å². The summed E-state index contributed by atoms with van der Waals surface area (Å²) in [6.45, 7) is 0. The van der Waals surface area contributed by atoms with Gasteiger partial charge in [-0.2, -0.15) is 0 Å². The summed E-state index contributed by atoms with van der Waals surface area (Å²) in [4.78, 5) is 0. The van der Waals surface area contributed by atoms with Crippen LogP contribution in [0.1, 0.15) is 0 Å². The average molecular weight is 159 g/mol. The third kappa shape index (κ3) is 69.5. The van der Waals surface area contributed by atoms with Gasteiger partial charge in [0.1, 0.15) is 0 Å². The van der Waals surface area contributed by atoms with E-state index in [1.807, 2.05) is 0 Å². The molecule has 8 heteroatoms. The van der Waals surface area contributed by atoms with Crippen LogP contribution in [-0.4, -0.2) is 16.4 Å². The Labute approximate surface area is 108 Å². The van der Waals surface area contributed by atoms with E-state index in [9.17, 15) is 0 Å². The second kappa shape index (κ2) is 98.7. The van der Waals surface area contributed by atoms with Crippen LogP contribution < -0.4 is 92.4 Å². The van der Waals surface area contributed by atoms with Crippen LogP contribution in [0.3, 0.4) is 0 Å². The van der Waals surface area contributed by atoms with Crippen molar-refractivity contribution in [3.63, 3.8) is 0 Å². The van der Waals surface area contributed by atoms with E-state index in [2.05, 4.69) is 0 Å². The maximum absolute atomic E-state index is 0. The molecule has 32 valence electrons. The van der Waals surface area contributed by atoms with E-state index < -0.39 is 0 Å². The quantitative estimate of drug-likeness (QED) is 0.328. The molecular weight excluding hydrogens is 156 g/mol. The van der Waals surface area contributed by atoms with Gasteiger partial charge in [-0.15, -0.1) is 0 Å². The first kappa shape index (κ1) is 135. The van der Waals surface area contributed by atoms with Crippen LogP contribution in [0.4, 0.5) is 0 Å². The van der Waals surface area contributed by atoms with Crippen molar-refractivity contribution in [2.24, 2.45) is 0 Å². The maximum Gasteiger partial charge on any atom is 1.00 e. The van der Waals surface area contributed by atoms with Crippen molar-refractivity contribution in [1.29, 1.82) is 0 Å². The van der Waals surface area contributed by atoms with Gasteiger partial charge in [-0.1, -0.05) is 0 Å². The van der Waals surface area contributed by atoms with Gasteiger partial charge in [0.05, 0.1) is 0 Å². The van der Waals surface area contributed by atoms with Crippen LogP contribution in [0.2, 0.25) is 0 Å². The Morgan fingerprint density at radius 3 is 0.375 bits per heavy atom. The van der Waals surface area contributed by atoms with Gasteiger partial charge in [0.2, 0.25) is 0 Å². The van der Waals surface area contributed by atoms with E-state index in [4.69, 9.17) is 0 Å². The summed E-state index contributed by atoms with van der Waals surface area (Å²) in [7, 11) is 0. The largest absolute Gasteiger partial charge is 1.00 e. The molecule has 0 heterocycles. The number of rotatable bonds is 0. The minimum absolute atomic E-state index is 0. The molecule has 0 aromatic rings. The standard InChI is InChI=1S/BrH.4Li.3H2O/h1H;;;;;3*1H2/q;4*+1;;;/p-4. The van der Waals surface area contributed by atoms with Crippen molar-refractivity contribution in [2.45, 2.75) is 0 Å². The smallest absolute Gasteiger partial charge is 1.00 e. The Morgan fingerprint density at radius 1 is 0.375 bits per heavy atom. The van der Waals surface area contributed by atoms with Crippen LogP contribution in [0, 0.1) is 0 Å². The Bertz CT molecular complexity index is 11.2. The topological polar surface area (TPSA) is 90.0 Å². The summed E-state index contributed by atoms with van der Waals surface area (Å²) in [5, 5.41) is 0. The zero-order valence-electron chi connectivity index (χ0n) is 5.72. The number of hydrogen-bond acceptors (Lipinski definition) is 3. The van der Waals surface area contributed by atoms with Gasteiger partial charge in [-0.3, -0.25) is 0 Å². The van der Waals surface area contributed by atoms with Gasteiger partial charge in [0, 0.05) is 0 Å². The van der Waals surface area contributed by atoms with Crippen LogP contribution in [0.25, 0.3) is 0 Å². The number of hydrogen-bond donors (Lipinski definition) is 0. The summed E-state index contributed by atoms with van der Waals surface area (Å²) in [6.07, 6.45) is 0. The van der Waals surface area contributed by atoms with E-state index in [0.717, 1.165) is 0 Å². The molecule has 0 saturated heterocycles. The second-order valence-corrected chi connectivity index (χ2v) is 0. The molecule has 0 unspecified atom stereocenters. The van der Waals surface area contributed by atoms with Crippen molar-refractivity contribution in [2.75, 3.05) is 0 Å². The molecule has 0 bridgehead atoms. The Kier molecular flexibility index (Phi) is 1670. The first-order valence-corrected chi connectivity index (χ1v) is 0. The van der Waals surface area contributed by atoms with Crippen LogP contribution in [0.5, 0.6) is 0 Å². The molecule has 8 heavy (non-hydrogen) atoms. The fourth-order valence-electron chi connectivity index (χ4n) is 0. The minimum Gasteiger partial charge on any atom is -1.00 e. The van der Waals surface area contributed by atoms with Crippen LogP contribution in [0.15, 0.2) is 0 Å². The van der Waals surface area contributed by atoms with Crippen LogP contribution >= 0.6 is 0 Å².